The molecule has 4 nitrogen and oxygen atoms in total. The molecule has 2 aliphatic heterocycles. The standard InChI is InChI=1S/C11H14ClN3O/c12-15-8-3-4-9(15)7-11(16,6-8)10-2-1-5-13-14-10/h1-2,5,8-9,16H,3-4,6-7H2. The highest BCUT2D eigenvalue weighted by atomic mass is 35.5. The lowest BCUT2D eigenvalue weighted by Gasteiger charge is -2.39. The molecule has 16 heavy (non-hydrogen) atoms. The van der Waals surface area contributed by atoms with Crippen LogP contribution in [0.25, 0.3) is 0 Å². The second kappa shape index (κ2) is 3.65. The highest BCUT2D eigenvalue weighted by Crippen LogP contribution is 2.45. The third-order valence-electron chi connectivity index (χ3n) is 3.73. The lowest BCUT2D eigenvalue weighted by molar-refractivity contribution is -0.0378. The number of piperidine rings is 1. The Bertz CT molecular complexity index is 372. The largest absolute Gasteiger partial charge is 0.383 e. The zero-order valence-electron chi connectivity index (χ0n) is 8.88. The zero-order valence-corrected chi connectivity index (χ0v) is 9.64. The molecule has 0 spiro atoms. The Hall–Kier alpha value is -0.710. The van der Waals surface area contributed by atoms with Crippen molar-refractivity contribution in [3.05, 3.63) is 24.0 Å². The van der Waals surface area contributed by atoms with Crippen molar-refractivity contribution in [2.24, 2.45) is 0 Å². The third kappa shape index (κ3) is 1.52. The van der Waals surface area contributed by atoms with Crippen molar-refractivity contribution < 1.29 is 5.11 Å². The monoisotopic (exact) mass is 239 g/mol. The molecule has 0 radical (unpaired) electrons. The normalized spacial score (nSPS) is 38.9. The fourth-order valence-corrected chi connectivity index (χ4v) is 3.26. The van der Waals surface area contributed by atoms with Crippen LogP contribution in [0.4, 0.5) is 0 Å². The summed E-state index contributed by atoms with van der Waals surface area (Å²) in [5.74, 6) is 0. The molecule has 2 aliphatic rings. The summed E-state index contributed by atoms with van der Waals surface area (Å²) >= 11 is 6.18. The van der Waals surface area contributed by atoms with E-state index in [4.69, 9.17) is 11.8 Å². The number of aliphatic hydroxyl groups is 1. The van der Waals surface area contributed by atoms with Crippen LogP contribution in [0.1, 0.15) is 31.4 Å². The molecule has 3 rings (SSSR count). The van der Waals surface area contributed by atoms with E-state index in [9.17, 15) is 5.11 Å². The topological polar surface area (TPSA) is 49.3 Å². The molecule has 1 N–H and O–H groups in total. The smallest absolute Gasteiger partial charge is 0.111 e. The van der Waals surface area contributed by atoms with Crippen LogP contribution in [-0.2, 0) is 5.60 Å². The molecule has 86 valence electrons. The lowest BCUT2D eigenvalue weighted by atomic mass is 9.84. The fourth-order valence-electron chi connectivity index (χ4n) is 2.93. The first-order valence-electron chi connectivity index (χ1n) is 5.64. The van der Waals surface area contributed by atoms with Crippen molar-refractivity contribution in [3.8, 4) is 0 Å². The van der Waals surface area contributed by atoms with Gasteiger partial charge >= 0.3 is 0 Å². The van der Waals surface area contributed by atoms with E-state index < -0.39 is 5.60 Å². The van der Waals surface area contributed by atoms with Gasteiger partial charge in [-0.25, -0.2) is 4.42 Å². The van der Waals surface area contributed by atoms with Gasteiger partial charge in [0, 0.05) is 18.3 Å². The van der Waals surface area contributed by atoms with Crippen LogP contribution < -0.4 is 0 Å². The van der Waals surface area contributed by atoms with Crippen LogP contribution in [0.2, 0.25) is 0 Å². The van der Waals surface area contributed by atoms with Gasteiger partial charge < -0.3 is 5.11 Å². The first-order valence-corrected chi connectivity index (χ1v) is 5.97. The van der Waals surface area contributed by atoms with Gasteiger partial charge in [-0.3, -0.25) is 0 Å². The quantitative estimate of drug-likeness (QED) is 0.754. The summed E-state index contributed by atoms with van der Waals surface area (Å²) < 4.78 is 1.88. The molecule has 2 unspecified atom stereocenters. The van der Waals surface area contributed by atoms with Gasteiger partial charge in [-0.15, -0.1) is 0 Å². The molecule has 1 aromatic heterocycles. The summed E-state index contributed by atoms with van der Waals surface area (Å²) in [7, 11) is 0. The van der Waals surface area contributed by atoms with Crippen LogP contribution in [0.15, 0.2) is 18.3 Å². The van der Waals surface area contributed by atoms with Crippen LogP contribution in [0, 0.1) is 0 Å². The number of aromatic nitrogens is 2. The van der Waals surface area contributed by atoms with E-state index in [1.165, 1.54) is 0 Å². The van der Waals surface area contributed by atoms with Crippen LogP contribution in [0.3, 0.4) is 0 Å². The van der Waals surface area contributed by atoms with Crippen molar-refractivity contribution in [1.29, 1.82) is 0 Å². The number of nitrogens with zero attached hydrogens (tertiary/aromatic N) is 3. The summed E-state index contributed by atoms with van der Waals surface area (Å²) in [6.07, 6.45) is 5.07. The molecule has 2 fully saturated rings. The van der Waals surface area contributed by atoms with E-state index in [1.54, 1.807) is 6.20 Å². The number of hydrogen-bond donors (Lipinski definition) is 1. The molecule has 0 saturated carbocycles. The molecule has 1 aromatic rings. The summed E-state index contributed by atoms with van der Waals surface area (Å²) in [5, 5.41) is 18.5. The van der Waals surface area contributed by atoms with Crippen molar-refractivity contribution in [3.63, 3.8) is 0 Å². The van der Waals surface area contributed by atoms with E-state index >= 15 is 0 Å². The number of halogens is 1. The van der Waals surface area contributed by atoms with E-state index in [-0.39, 0.29) is 12.1 Å². The second-order valence-corrected chi connectivity index (χ2v) is 5.17. The van der Waals surface area contributed by atoms with E-state index in [1.807, 2.05) is 16.6 Å². The maximum Gasteiger partial charge on any atom is 0.111 e. The number of fused-ring (bicyclic) bond motifs is 2. The SMILES string of the molecule is OC1(c2cccnn2)CC2CCC(C1)N2Cl. The van der Waals surface area contributed by atoms with Gasteiger partial charge in [0.05, 0.1) is 5.69 Å². The molecule has 0 amide bonds. The van der Waals surface area contributed by atoms with Crippen molar-refractivity contribution >= 4 is 11.8 Å². The van der Waals surface area contributed by atoms with Crippen molar-refractivity contribution in [1.82, 2.24) is 14.6 Å². The molecule has 0 aromatic carbocycles. The zero-order chi connectivity index (χ0) is 11.2. The van der Waals surface area contributed by atoms with Gasteiger partial charge in [0.25, 0.3) is 0 Å². The Balaban J connectivity index is 1.91. The van der Waals surface area contributed by atoms with Gasteiger partial charge in [0.15, 0.2) is 0 Å². The van der Waals surface area contributed by atoms with Gasteiger partial charge in [0.1, 0.15) is 5.60 Å². The van der Waals surface area contributed by atoms with Crippen LogP contribution in [-0.4, -0.2) is 31.8 Å². The Morgan fingerprint density at radius 3 is 2.62 bits per heavy atom. The molecular weight excluding hydrogens is 226 g/mol. The van der Waals surface area contributed by atoms with Gasteiger partial charge in [0.2, 0.25) is 0 Å². The fraction of sp³-hybridized carbons (Fsp3) is 0.636. The van der Waals surface area contributed by atoms with Crippen molar-refractivity contribution in [2.75, 3.05) is 0 Å². The molecule has 5 heteroatoms. The predicted molar refractivity (Wildman–Crippen MR) is 59.7 cm³/mol. The van der Waals surface area contributed by atoms with Gasteiger partial charge in [-0.1, -0.05) is 0 Å². The summed E-state index contributed by atoms with van der Waals surface area (Å²) in [5.41, 5.74) is -0.164. The minimum absolute atomic E-state index is 0.271. The minimum atomic E-state index is -0.842. The lowest BCUT2D eigenvalue weighted by Crippen LogP contribution is -2.45. The Morgan fingerprint density at radius 1 is 1.38 bits per heavy atom. The summed E-state index contributed by atoms with van der Waals surface area (Å²) in [6.45, 7) is 0. The van der Waals surface area contributed by atoms with E-state index in [2.05, 4.69) is 10.2 Å². The molecule has 0 aliphatic carbocycles. The van der Waals surface area contributed by atoms with Crippen molar-refractivity contribution in [2.45, 2.75) is 43.4 Å². The Morgan fingerprint density at radius 2 is 2.06 bits per heavy atom. The van der Waals surface area contributed by atoms with Gasteiger partial charge in [-0.2, -0.15) is 10.2 Å². The van der Waals surface area contributed by atoms with Gasteiger partial charge in [-0.05, 0) is 49.6 Å². The Labute approximate surface area is 99.4 Å². The molecule has 2 bridgehead atoms. The molecule has 3 heterocycles. The average molecular weight is 240 g/mol. The minimum Gasteiger partial charge on any atom is -0.383 e. The number of rotatable bonds is 1. The molecule has 2 saturated heterocycles. The maximum absolute atomic E-state index is 10.7. The highest BCUT2D eigenvalue weighted by Gasteiger charge is 2.48. The average Bonchev–Trinajstić information content (AvgIpc) is 2.54. The third-order valence-corrected chi connectivity index (χ3v) is 4.28. The second-order valence-electron chi connectivity index (χ2n) is 4.78. The van der Waals surface area contributed by atoms with Crippen LogP contribution in [0.5, 0.6) is 0 Å². The summed E-state index contributed by atoms with van der Waals surface area (Å²) in [4.78, 5) is 0. The number of hydrogen-bond acceptors (Lipinski definition) is 4. The predicted octanol–water partition coefficient (Wildman–Crippen LogP) is 1.44. The first kappa shape index (κ1) is 10.4. The van der Waals surface area contributed by atoms with E-state index in [0.717, 1.165) is 12.8 Å². The van der Waals surface area contributed by atoms with E-state index in [0.29, 0.717) is 18.5 Å². The molecular formula is C11H14ClN3O. The molecule has 2 atom stereocenters. The first-order chi connectivity index (χ1) is 7.69. The maximum atomic E-state index is 10.7. The Kier molecular flexibility index (Phi) is 2.38. The summed E-state index contributed by atoms with van der Waals surface area (Å²) in [6, 6.07) is 4.20. The highest BCUT2D eigenvalue weighted by molar-refractivity contribution is 6.14. The van der Waals surface area contributed by atoms with Crippen LogP contribution >= 0.6 is 11.8 Å².